The number of ether oxygens (including phenoxy) is 1. The van der Waals surface area contributed by atoms with Gasteiger partial charge in [-0.2, -0.15) is 0 Å². The lowest BCUT2D eigenvalue weighted by atomic mass is 10.0. The average molecular weight is 392 g/mol. The fraction of sp³-hybridized carbons (Fsp3) is 0.389. The fourth-order valence-corrected chi connectivity index (χ4v) is 3.43. The second kappa shape index (κ2) is 9.98. The lowest BCUT2D eigenvalue weighted by Crippen LogP contribution is -2.50. The summed E-state index contributed by atoms with van der Waals surface area (Å²) in [6, 6.07) is 6.11. The van der Waals surface area contributed by atoms with E-state index in [0.29, 0.717) is 12.3 Å². The molecule has 0 saturated heterocycles. The van der Waals surface area contributed by atoms with Gasteiger partial charge in [-0.3, -0.25) is 9.59 Å². The van der Waals surface area contributed by atoms with Gasteiger partial charge in [0.05, 0.1) is 19.0 Å². The summed E-state index contributed by atoms with van der Waals surface area (Å²) < 4.78 is 4.73. The number of amides is 2. The van der Waals surface area contributed by atoms with E-state index in [-0.39, 0.29) is 11.7 Å². The Balaban J connectivity index is 1.94. The summed E-state index contributed by atoms with van der Waals surface area (Å²) in [7, 11) is 1.26. The summed E-state index contributed by atoms with van der Waals surface area (Å²) in [6.07, 6.45) is 2.17. The Morgan fingerprint density at radius 2 is 2.04 bits per heavy atom. The number of benzene rings is 1. The molecule has 1 aromatic heterocycles. The molecule has 0 spiro atoms. The number of aromatic nitrogens is 1. The predicted molar refractivity (Wildman–Crippen MR) is 105 cm³/mol. The van der Waals surface area contributed by atoms with E-state index in [1.54, 1.807) is 0 Å². The summed E-state index contributed by atoms with van der Waals surface area (Å²) in [6.45, 7) is 1.41. The molecule has 146 valence electrons. The highest BCUT2D eigenvalue weighted by Crippen LogP contribution is 2.18. The SMILES string of the molecule is COC(=O)[C@H](CSCNC(C)=O)NC(=O)[C@@H](N)Cc1c[nH]c2ccccc12. The lowest BCUT2D eigenvalue weighted by molar-refractivity contribution is -0.144. The van der Waals surface area contributed by atoms with Crippen LogP contribution in [0, 0.1) is 0 Å². The maximum absolute atomic E-state index is 12.4. The second-order valence-electron chi connectivity index (χ2n) is 6.00. The molecular weight excluding hydrogens is 368 g/mol. The minimum atomic E-state index is -0.838. The van der Waals surface area contributed by atoms with Crippen LogP contribution in [0.15, 0.2) is 30.5 Å². The van der Waals surface area contributed by atoms with E-state index in [9.17, 15) is 14.4 Å². The van der Waals surface area contributed by atoms with Gasteiger partial charge >= 0.3 is 5.97 Å². The lowest BCUT2D eigenvalue weighted by Gasteiger charge is -2.19. The highest BCUT2D eigenvalue weighted by molar-refractivity contribution is 7.99. The molecule has 2 aromatic rings. The van der Waals surface area contributed by atoms with Gasteiger partial charge < -0.3 is 26.1 Å². The Morgan fingerprint density at radius 3 is 2.74 bits per heavy atom. The molecule has 2 rings (SSSR count). The highest BCUT2D eigenvalue weighted by atomic mass is 32.2. The first kappa shape index (κ1) is 20.8. The van der Waals surface area contributed by atoms with Crippen molar-refractivity contribution < 1.29 is 19.1 Å². The normalized spacial score (nSPS) is 13.0. The number of nitrogens with two attached hydrogens (primary N) is 1. The molecule has 0 aliphatic heterocycles. The first-order valence-electron chi connectivity index (χ1n) is 8.43. The number of hydrogen-bond acceptors (Lipinski definition) is 6. The van der Waals surface area contributed by atoms with Gasteiger partial charge in [-0.05, 0) is 18.1 Å². The Labute approximate surface area is 161 Å². The number of thioether (sulfide) groups is 1. The van der Waals surface area contributed by atoms with Gasteiger partial charge in [0, 0.05) is 29.8 Å². The number of nitrogens with one attached hydrogen (secondary N) is 3. The number of esters is 1. The molecule has 9 heteroatoms. The molecule has 0 unspecified atom stereocenters. The maximum atomic E-state index is 12.4. The van der Waals surface area contributed by atoms with E-state index < -0.39 is 24.0 Å². The molecule has 0 bridgehead atoms. The quantitative estimate of drug-likeness (QED) is 0.280. The van der Waals surface area contributed by atoms with Gasteiger partial charge in [0.25, 0.3) is 0 Å². The molecule has 2 amide bonds. The summed E-state index contributed by atoms with van der Waals surface area (Å²) in [5.41, 5.74) is 7.95. The van der Waals surface area contributed by atoms with E-state index in [1.807, 2.05) is 30.5 Å². The zero-order valence-corrected chi connectivity index (χ0v) is 16.1. The average Bonchev–Trinajstić information content (AvgIpc) is 3.06. The van der Waals surface area contributed by atoms with Gasteiger partial charge in [-0.25, -0.2) is 4.79 Å². The van der Waals surface area contributed by atoms with Crippen LogP contribution in [0.1, 0.15) is 12.5 Å². The predicted octanol–water partition coefficient (Wildman–Crippen LogP) is 0.522. The molecule has 0 saturated carbocycles. The summed E-state index contributed by atoms with van der Waals surface area (Å²) in [5, 5.41) is 6.26. The minimum absolute atomic E-state index is 0.165. The van der Waals surface area contributed by atoms with Crippen molar-refractivity contribution in [1.29, 1.82) is 0 Å². The second-order valence-corrected chi connectivity index (χ2v) is 7.03. The molecule has 5 N–H and O–H groups in total. The van der Waals surface area contributed by atoms with Gasteiger partial charge in [0.15, 0.2) is 0 Å². The van der Waals surface area contributed by atoms with Crippen LogP contribution in [0.4, 0.5) is 0 Å². The number of hydrogen-bond donors (Lipinski definition) is 4. The number of aromatic amines is 1. The third kappa shape index (κ3) is 6.00. The van der Waals surface area contributed by atoms with Crippen molar-refractivity contribution in [2.45, 2.75) is 25.4 Å². The van der Waals surface area contributed by atoms with Crippen molar-refractivity contribution in [3.05, 3.63) is 36.0 Å². The number of para-hydroxylation sites is 1. The van der Waals surface area contributed by atoms with Crippen molar-refractivity contribution in [3.63, 3.8) is 0 Å². The smallest absolute Gasteiger partial charge is 0.329 e. The van der Waals surface area contributed by atoms with Crippen molar-refractivity contribution in [2.75, 3.05) is 18.7 Å². The summed E-state index contributed by atoms with van der Waals surface area (Å²) in [4.78, 5) is 38.4. The van der Waals surface area contributed by atoms with Crippen LogP contribution < -0.4 is 16.4 Å². The van der Waals surface area contributed by atoms with Gasteiger partial charge in [0.2, 0.25) is 11.8 Å². The Kier molecular flexibility index (Phi) is 7.68. The first-order chi connectivity index (χ1) is 12.9. The number of H-pyrrole nitrogens is 1. The Morgan fingerprint density at radius 1 is 1.30 bits per heavy atom. The number of carbonyl (C=O) groups is 3. The van der Waals surface area contributed by atoms with Crippen molar-refractivity contribution in [1.82, 2.24) is 15.6 Å². The number of carbonyl (C=O) groups excluding carboxylic acids is 3. The van der Waals surface area contributed by atoms with Crippen LogP contribution in [-0.4, -0.2) is 53.6 Å². The van der Waals surface area contributed by atoms with E-state index in [2.05, 4.69) is 15.6 Å². The van der Waals surface area contributed by atoms with Crippen LogP contribution in [0.3, 0.4) is 0 Å². The highest BCUT2D eigenvalue weighted by Gasteiger charge is 2.25. The molecule has 8 nitrogen and oxygen atoms in total. The van der Waals surface area contributed by atoms with Gasteiger partial charge in [-0.15, -0.1) is 11.8 Å². The van der Waals surface area contributed by atoms with Crippen LogP contribution in [0.5, 0.6) is 0 Å². The largest absolute Gasteiger partial charge is 0.467 e. The Bertz CT molecular complexity index is 808. The fourth-order valence-electron chi connectivity index (χ4n) is 2.55. The third-order valence-corrected chi connectivity index (χ3v) is 4.88. The van der Waals surface area contributed by atoms with Crippen LogP contribution in [0.2, 0.25) is 0 Å². The van der Waals surface area contributed by atoms with Gasteiger partial charge in [0.1, 0.15) is 6.04 Å². The molecule has 0 fully saturated rings. The van der Waals surface area contributed by atoms with E-state index >= 15 is 0 Å². The standard InChI is InChI=1S/C18H24N4O4S/c1-11(23)21-10-27-9-16(18(25)26-2)22-17(24)14(19)7-12-8-20-15-6-4-3-5-13(12)15/h3-6,8,14,16,20H,7,9-10,19H2,1-2H3,(H,21,23)(H,22,24)/t14-,16-/m0/s1. The van der Waals surface area contributed by atoms with E-state index in [0.717, 1.165) is 16.5 Å². The molecular formula is C18H24N4O4S. The first-order valence-corrected chi connectivity index (χ1v) is 9.58. The molecule has 0 aliphatic rings. The van der Waals surface area contributed by atoms with Crippen LogP contribution in [-0.2, 0) is 25.5 Å². The maximum Gasteiger partial charge on any atom is 0.329 e. The number of fused-ring (bicyclic) bond motifs is 1. The molecule has 27 heavy (non-hydrogen) atoms. The Hall–Kier alpha value is -2.52. The van der Waals surface area contributed by atoms with Gasteiger partial charge in [-0.1, -0.05) is 18.2 Å². The van der Waals surface area contributed by atoms with Crippen molar-refractivity contribution >= 4 is 40.4 Å². The summed E-state index contributed by atoms with van der Waals surface area (Å²) >= 11 is 1.30. The molecule has 1 aromatic carbocycles. The molecule has 1 heterocycles. The molecule has 2 atom stereocenters. The summed E-state index contributed by atoms with van der Waals surface area (Å²) in [5.74, 6) is -0.561. The zero-order valence-electron chi connectivity index (χ0n) is 15.3. The zero-order chi connectivity index (χ0) is 19.8. The number of methoxy groups -OCH3 is 1. The number of rotatable bonds is 9. The molecule has 0 aliphatic carbocycles. The monoisotopic (exact) mass is 392 g/mol. The third-order valence-electron chi connectivity index (χ3n) is 3.96. The molecule has 0 radical (unpaired) electrons. The van der Waals surface area contributed by atoms with Crippen LogP contribution in [0.25, 0.3) is 10.9 Å². The van der Waals surface area contributed by atoms with E-state index in [1.165, 1.54) is 25.8 Å². The van der Waals surface area contributed by atoms with Crippen molar-refractivity contribution in [2.24, 2.45) is 5.73 Å². The van der Waals surface area contributed by atoms with E-state index in [4.69, 9.17) is 10.5 Å². The minimum Gasteiger partial charge on any atom is -0.467 e. The topological polar surface area (TPSA) is 126 Å². The van der Waals surface area contributed by atoms with Crippen LogP contribution >= 0.6 is 11.8 Å². The van der Waals surface area contributed by atoms with Crippen molar-refractivity contribution in [3.8, 4) is 0 Å².